The van der Waals surface area contributed by atoms with E-state index in [2.05, 4.69) is 10.1 Å². The summed E-state index contributed by atoms with van der Waals surface area (Å²) in [5, 5.41) is 14.8. The van der Waals surface area contributed by atoms with Gasteiger partial charge in [-0.1, -0.05) is 0 Å². The molecule has 1 aliphatic carbocycles. The van der Waals surface area contributed by atoms with Gasteiger partial charge in [0, 0.05) is 60.9 Å². The Morgan fingerprint density at radius 3 is 2.65 bits per heavy atom. The van der Waals surface area contributed by atoms with Gasteiger partial charge in [0.1, 0.15) is 5.76 Å². The lowest BCUT2D eigenvalue weighted by Gasteiger charge is -2.32. The van der Waals surface area contributed by atoms with Crippen molar-refractivity contribution in [3.63, 3.8) is 0 Å². The van der Waals surface area contributed by atoms with E-state index >= 15 is 0 Å². The highest BCUT2D eigenvalue weighted by atomic mass is 19.4. The fourth-order valence-electron chi connectivity index (χ4n) is 3.83. The highest BCUT2D eigenvalue weighted by Crippen LogP contribution is 2.32. The van der Waals surface area contributed by atoms with Crippen LogP contribution in [0, 0.1) is 0 Å². The molecule has 1 N–H and O–H groups in total. The molecule has 4 rings (SSSR count). The van der Waals surface area contributed by atoms with Crippen molar-refractivity contribution in [3.8, 4) is 11.1 Å². The van der Waals surface area contributed by atoms with Gasteiger partial charge in [-0.3, -0.25) is 9.67 Å². The second-order valence-electron chi connectivity index (χ2n) is 8.06. The van der Waals surface area contributed by atoms with Crippen LogP contribution in [0.1, 0.15) is 6.42 Å². The molecule has 0 saturated carbocycles. The molecule has 34 heavy (non-hydrogen) atoms. The summed E-state index contributed by atoms with van der Waals surface area (Å²) in [6.07, 6.45) is 1.45. The van der Waals surface area contributed by atoms with Crippen molar-refractivity contribution in [2.24, 2.45) is 7.05 Å². The van der Waals surface area contributed by atoms with E-state index in [9.17, 15) is 18.3 Å². The molecule has 0 amide bonds. The highest BCUT2D eigenvalue weighted by Gasteiger charge is 2.40. The molecule has 7 nitrogen and oxygen atoms in total. The van der Waals surface area contributed by atoms with E-state index in [0.29, 0.717) is 29.1 Å². The maximum atomic E-state index is 13.3. The van der Waals surface area contributed by atoms with E-state index in [1.54, 1.807) is 47.4 Å². The third-order valence-electron chi connectivity index (χ3n) is 5.69. The molecule has 0 bridgehead atoms. The van der Waals surface area contributed by atoms with Gasteiger partial charge in [0.05, 0.1) is 31.5 Å². The van der Waals surface area contributed by atoms with Crippen LogP contribution in [0.2, 0.25) is 0 Å². The molecule has 2 unspecified atom stereocenters. The normalized spacial score (nSPS) is 17.3. The number of methoxy groups -OCH3 is 2. The van der Waals surface area contributed by atoms with Crippen molar-refractivity contribution in [2.75, 3.05) is 25.7 Å². The van der Waals surface area contributed by atoms with E-state index in [4.69, 9.17) is 9.47 Å². The van der Waals surface area contributed by atoms with Crippen molar-refractivity contribution < 1.29 is 27.8 Å². The minimum Gasteiger partial charge on any atom is -0.501 e. The van der Waals surface area contributed by atoms with Gasteiger partial charge in [0.25, 0.3) is 0 Å². The lowest BCUT2D eigenvalue weighted by atomic mass is 10.0. The SMILES string of the molecule is COC1=CC(N(CC(O)C(F)(F)F)c2ccc3ncc(-c4cnn(C)c4)cc3c2)=CC(OC)C1. The Morgan fingerprint density at radius 1 is 1.21 bits per heavy atom. The van der Waals surface area contributed by atoms with Gasteiger partial charge in [0.15, 0.2) is 6.10 Å². The van der Waals surface area contributed by atoms with Gasteiger partial charge in [-0.05, 0) is 36.4 Å². The predicted octanol–water partition coefficient (Wildman–Crippen LogP) is 4.20. The maximum absolute atomic E-state index is 13.3. The molecule has 180 valence electrons. The summed E-state index contributed by atoms with van der Waals surface area (Å²) < 4.78 is 52.3. The summed E-state index contributed by atoms with van der Waals surface area (Å²) in [6.45, 7) is -0.694. The van der Waals surface area contributed by atoms with Crippen molar-refractivity contribution in [1.29, 1.82) is 0 Å². The first-order valence-electron chi connectivity index (χ1n) is 10.6. The summed E-state index contributed by atoms with van der Waals surface area (Å²) in [5.74, 6) is 0.567. The molecule has 0 fully saturated rings. The van der Waals surface area contributed by atoms with Crippen LogP contribution in [0.5, 0.6) is 0 Å². The number of aliphatic hydroxyl groups excluding tert-OH is 1. The summed E-state index contributed by atoms with van der Waals surface area (Å²) in [5.41, 5.74) is 3.30. The van der Waals surface area contributed by atoms with Crippen LogP contribution in [0.3, 0.4) is 0 Å². The molecular weight excluding hydrogens is 449 g/mol. The molecule has 2 atom stereocenters. The Morgan fingerprint density at radius 2 is 2.00 bits per heavy atom. The first-order valence-corrected chi connectivity index (χ1v) is 10.6. The minimum atomic E-state index is -4.77. The zero-order valence-electron chi connectivity index (χ0n) is 19.0. The molecule has 0 spiro atoms. The first-order chi connectivity index (χ1) is 16.2. The molecule has 2 heterocycles. The van der Waals surface area contributed by atoms with Crippen LogP contribution in [0.15, 0.2) is 66.5 Å². The van der Waals surface area contributed by atoms with E-state index in [0.717, 1.165) is 16.5 Å². The minimum absolute atomic E-state index is 0.375. The molecule has 0 aliphatic heterocycles. The van der Waals surface area contributed by atoms with Gasteiger partial charge in [-0.25, -0.2) is 0 Å². The summed E-state index contributed by atoms with van der Waals surface area (Å²) in [4.78, 5) is 5.89. The van der Waals surface area contributed by atoms with E-state index in [1.807, 2.05) is 19.3 Å². The number of aliphatic hydroxyl groups is 1. The summed E-state index contributed by atoms with van der Waals surface area (Å²) >= 11 is 0. The number of allylic oxidation sites excluding steroid dienone is 1. The Hall–Kier alpha value is -3.37. The number of anilines is 1. The number of fused-ring (bicyclic) bond motifs is 1. The van der Waals surface area contributed by atoms with Crippen molar-refractivity contribution in [3.05, 3.63) is 66.5 Å². The van der Waals surface area contributed by atoms with Crippen LogP contribution in [0.25, 0.3) is 22.0 Å². The van der Waals surface area contributed by atoms with Gasteiger partial charge >= 0.3 is 6.18 Å². The van der Waals surface area contributed by atoms with Gasteiger partial charge in [-0.15, -0.1) is 0 Å². The molecule has 10 heteroatoms. The Balaban J connectivity index is 1.79. The van der Waals surface area contributed by atoms with E-state index in [1.165, 1.54) is 19.1 Å². The van der Waals surface area contributed by atoms with Crippen LogP contribution < -0.4 is 4.90 Å². The second-order valence-corrected chi connectivity index (χ2v) is 8.06. The lowest BCUT2D eigenvalue weighted by molar-refractivity contribution is -0.200. The van der Waals surface area contributed by atoms with E-state index < -0.39 is 18.8 Å². The van der Waals surface area contributed by atoms with Crippen LogP contribution in [-0.4, -0.2) is 59.0 Å². The number of aryl methyl sites for hydroxylation is 1. The number of hydrogen-bond acceptors (Lipinski definition) is 6. The number of ether oxygens (including phenoxy) is 2. The Labute approximate surface area is 194 Å². The van der Waals surface area contributed by atoms with Crippen molar-refractivity contribution in [1.82, 2.24) is 14.8 Å². The Kier molecular flexibility index (Phi) is 6.63. The van der Waals surface area contributed by atoms with Crippen molar-refractivity contribution >= 4 is 16.6 Å². The molecule has 3 aromatic rings. The number of pyridine rings is 1. The zero-order chi connectivity index (χ0) is 24.5. The van der Waals surface area contributed by atoms with Gasteiger partial charge in [0.2, 0.25) is 0 Å². The van der Waals surface area contributed by atoms with Crippen LogP contribution >= 0.6 is 0 Å². The number of nitrogens with zero attached hydrogens (tertiary/aromatic N) is 4. The summed E-state index contributed by atoms with van der Waals surface area (Å²) in [7, 11) is 4.83. The number of aromatic nitrogens is 3. The number of alkyl halides is 3. The first kappa shape index (κ1) is 23.8. The number of rotatable bonds is 7. The fraction of sp³-hybridized carbons (Fsp3) is 0.333. The molecular formula is C24H25F3N4O3. The molecule has 1 aliphatic rings. The molecule has 2 aromatic heterocycles. The number of benzene rings is 1. The number of halogens is 3. The second kappa shape index (κ2) is 9.47. The molecule has 0 saturated heterocycles. The van der Waals surface area contributed by atoms with Crippen molar-refractivity contribution in [2.45, 2.75) is 24.8 Å². The average Bonchev–Trinajstić information content (AvgIpc) is 3.26. The van der Waals surface area contributed by atoms with Gasteiger partial charge in [-0.2, -0.15) is 18.3 Å². The molecule has 1 aromatic carbocycles. The largest absolute Gasteiger partial charge is 0.501 e. The zero-order valence-corrected chi connectivity index (χ0v) is 19.0. The Bertz CT molecular complexity index is 1240. The third kappa shape index (κ3) is 5.07. The standard InChI is InChI=1S/C24H25F3N4O3/c1-30-13-17(12-29-30)16-6-15-7-18(4-5-22(15)28-11-16)31(14-23(32)24(25,26)27)19-8-20(33-2)10-21(9-19)34-3/h4-9,11-13,20,23,32H,10,14H2,1-3H3. The van der Waals surface area contributed by atoms with Crippen LogP contribution in [0.4, 0.5) is 18.9 Å². The predicted molar refractivity (Wildman–Crippen MR) is 122 cm³/mol. The summed E-state index contributed by atoms with van der Waals surface area (Å²) in [6, 6.07) is 7.08. The number of hydrogen-bond donors (Lipinski definition) is 1. The maximum Gasteiger partial charge on any atom is 0.416 e. The third-order valence-corrected chi connectivity index (χ3v) is 5.69. The average molecular weight is 474 g/mol. The smallest absolute Gasteiger partial charge is 0.416 e. The lowest BCUT2D eigenvalue weighted by Crippen LogP contribution is -2.41. The molecule has 0 radical (unpaired) electrons. The fourth-order valence-corrected chi connectivity index (χ4v) is 3.83. The topological polar surface area (TPSA) is 72.6 Å². The highest BCUT2D eigenvalue weighted by molar-refractivity contribution is 5.86. The van der Waals surface area contributed by atoms with Gasteiger partial charge < -0.3 is 19.5 Å². The quantitative estimate of drug-likeness (QED) is 0.554. The monoisotopic (exact) mass is 474 g/mol. The van der Waals surface area contributed by atoms with Crippen LogP contribution in [-0.2, 0) is 16.5 Å². The van der Waals surface area contributed by atoms with E-state index in [-0.39, 0.29) is 6.10 Å².